The van der Waals surface area contributed by atoms with Crippen LogP contribution in [0.15, 0.2) is 54.7 Å². The zero-order valence-electron chi connectivity index (χ0n) is 15.6. The van der Waals surface area contributed by atoms with Gasteiger partial charge in [0.1, 0.15) is 11.3 Å². The molecule has 1 amide bonds. The Balaban J connectivity index is 1.74. The number of aromatic nitrogens is 1. The van der Waals surface area contributed by atoms with E-state index in [4.69, 9.17) is 4.74 Å². The molecule has 8 heteroatoms. The van der Waals surface area contributed by atoms with Crippen molar-refractivity contribution in [2.45, 2.75) is 6.54 Å². The summed E-state index contributed by atoms with van der Waals surface area (Å²) in [5.74, 6) is 0.480. The largest absolute Gasteiger partial charge is 0.484 e. The Bertz CT molecular complexity index is 1020. The summed E-state index contributed by atoms with van der Waals surface area (Å²) in [5, 5.41) is 15.0. The standard InChI is InChI=1S/C20H20N4O4/c1-23(2)19(25)13-28-15-6-3-5-14(11-15)12-22-17-8-9-18(24(26)27)16-7-4-10-21-20(16)17/h3-11,22H,12-13H2,1-2H3. The second-order valence-corrected chi connectivity index (χ2v) is 6.37. The van der Waals surface area contributed by atoms with Gasteiger partial charge in [-0.1, -0.05) is 12.1 Å². The topological polar surface area (TPSA) is 97.6 Å². The maximum absolute atomic E-state index is 11.6. The number of carbonyl (C=O) groups excluding carboxylic acids is 1. The fourth-order valence-electron chi connectivity index (χ4n) is 2.68. The summed E-state index contributed by atoms with van der Waals surface area (Å²) in [7, 11) is 3.35. The van der Waals surface area contributed by atoms with Crippen LogP contribution in [0.4, 0.5) is 11.4 Å². The molecule has 0 aliphatic carbocycles. The fourth-order valence-corrected chi connectivity index (χ4v) is 2.68. The van der Waals surface area contributed by atoms with Crippen LogP contribution in [0.5, 0.6) is 5.75 Å². The van der Waals surface area contributed by atoms with E-state index in [1.165, 1.54) is 11.0 Å². The number of amides is 1. The Kier molecular flexibility index (Phi) is 5.69. The molecule has 0 aliphatic heterocycles. The highest BCUT2D eigenvalue weighted by Gasteiger charge is 2.14. The molecule has 1 heterocycles. The molecule has 0 aliphatic rings. The Labute approximate surface area is 161 Å². The Morgan fingerprint density at radius 3 is 2.79 bits per heavy atom. The molecule has 0 saturated heterocycles. The number of nitrogens with zero attached hydrogens (tertiary/aromatic N) is 3. The third kappa shape index (κ3) is 4.35. The number of hydrogen-bond acceptors (Lipinski definition) is 6. The van der Waals surface area contributed by atoms with Crippen LogP contribution >= 0.6 is 0 Å². The predicted octanol–water partition coefficient (Wildman–Crippen LogP) is 3.22. The lowest BCUT2D eigenvalue weighted by molar-refractivity contribution is -0.383. The molecule has 0 fully saturated rings. The molecular formula is C20H20N4O4. The zero-order chi connectivity index (χ0) is 20.1. The minimum absolute atomic E-state index is 0.0228. The van der Waals surface area contributed by atoms with Gasteiger partial charge in [0, 0.05) is 32.9 Å². The SMILES string of the molecule is CN(C)C(=O)COc1cccc(CNc2ccc([N+](=O)[O-])c3cccnc23)c1. The maximum Gasteiger partial charge on any atom is 0.278 e. The number of hydrogen-bond donors (Lipinski definition) is 1. The Morgan fingerprint density at radius 1 is 1.21 bits per heavy atom. The van der Waals surface area contributed by atoms with Crippen LogP contribution in [0.3, 0.4) is 0 Å². The zero-order valence-corrected chi connectivity index (χ0v) is 15.6. The van der Waals surface area contributed by atoms with Crippen molar-refractivity contribution in [1.82, 2.24) is 9.88 Å². The van der Waals surface area contributed by atoms with Crippen molar-refractivity contribution < 1.29 is 14.5 Å². The van der Waals surface area contributed by atoms with Crippen LogP contribution in [-0.4, -0.2) is 41.4 Å². The number of pyridine rings is 1. The van der Waals surface area contributed by atoms with Gasteiger partial charge in [-0.05, 0) is 35.9 Å². The third-order valence-corrected chi connectivity index (χ3v) is 4.19. The molecule has 3 aromatic rings. The molecule has 0 spiro atoms. The molecular weight excluding hydrogens is 360 g/mol. The molecule has 0 atom stereocenters. The average Bonchev–Trinajstić information content (AvgIpc) is 2.70. The van der Waals surface area contributed by atoms with Gasteiger partial charge in [-0.2, -0.15) is 0 Å². The van der Waals surface area contributed by atoms with Gasteiger partial charge < -0.3 is 15.0 Å². The van der Waals surface area contributed by atoms with E-state index in [0.29, 0.717) is 28.9 Å². The molecule has 144 valence electrons. The van der Waals surface area contributed by atoms with Gasteiger partial charge in [-0.25, -0.2) is 0 Å². The second-order valence-electron chi connectivity index (χ2n) is 6.37. The summed E-state index contributed by atoms with van der Waals surface area (Å²) in [6.45, 7) is 0.448. The highest BCUT2D eigenvalue weighted by Crippen LogP contribution is 2.30. The van der Waals surface area contributed by atoms with Crippen molar-refractivity contribution in [3.05, 3.63) is 70.4 Å². The lowest BCUT2D eigenvalue weighted by Crippen LogP contribution is -2.27. The molecule has 3 rings (SSSR count). The first-order valence-corrected chi connectivity index (χ1v) is 8.63. The second kappa shape index (κ2) is 8.34. The lowest BCUT2D eigenvalue weighted by atomic mass is 10.1. The van der Waals surface area contributed by atoms with Crippen molar-refractivity contribution in [3.63, 3.8) is 0 Å². The summed E-state index contributed by atoms with van der Waals surface area (Å²) >= 11 is 0. The van der Waals surface area contributed by atoms with E-state index in [1.807, 2.05) is 18.2 Å². The minimum Gasteiger partial charge on any atom is -0.484 e. The van der Waals surface area contributed by atoms with Crippen LogP contribution < -0.4 is 10.1 Å². The van der Waals surface area contributed by atoms with E-state index in [1.54, 1.807) is 44.6 Å². The number of carbonyl (C=O) groups is 1. The van der Waals surface area contributed by atoms with Crippen molar-refractivity contribution in [2.24, 2.45) is 0 Å². The van der Waals surface area contributed by atoms with E-state index in [0.717, 1.165) is 5.56 Å². The molecule has 2 aromatic carbocycles. The van der Waals surface area contributed by atoms with Crippen LogP contribution in [0.1, 0.15) is 5.56 Å². The minimum atomic E-state index is -0.413. The van der Waals surface area contributed by atoms with Gasteiger partial charge in [0.2, 0.25) is 0 Å². The highest BCUT2D eigenvalue weighted by molar-refractivity contribution is 5.96. The highest BCUT2D eigenvalue weighted by atomic mass is 16.6. The number of likely N-dealkylation sites (N-methyl/N-ethyl adjacent to an activating group) is 1. The maximum atomic E-state index is 11.6. The van der Waals surface area contributed by atoms with Gasteiger partial charge in [-0.3, -0.25) is 19.9 Å². The van der Waals surface area contributed by atoms with Crippen molar-refractivity contribution in [1.29, 1.82) is 0 Å². The van der Waals surface area contributed by atoms with Gasteiger partial charge >= 0.3 is 0 Å². The quantitative estimate of drug-likeness (QED) is 0.499. The van der Waals surface area contributed by atoms with Crippen LogP contribution in [0.2, 0.25) is 0 Å². The normalized spacial score (nSPS) is 10.5. The summed E-state index contributed by atoms with van der Waals surface area (Å²) in [4.78, 5) is 28.2. The smallest absolute Gasteiger partial charge is 0.278 e. The number of rotatable bonds is 7. The van der Waals surface area contributed by atoms with E-state index in [2.05, 4.69) is 10.3 Å². The van der Waals surface area contributed by atoms with Crippen LogP contribution in [0, 0.1) is 10.1 Å². The number of nitro benzene ring substituents is 1. The molecule has 0 saturated carbocycles. The lowest BCUT2D eigenvalue weighted by Gasteiger charge is -2.13. The number of anilines is 1. The van der Waals surface area contributed by atoms with Crippen molar-refractivity contribution in [2.75, 3.05) is 26.0 Å². The summed E-state index contributed by atoms with van der Waals surface area (Å²) in [6, 6.07) is 13.9. The number of benzene rings is 2. The molecule has 0 unspecified atom stereocenters. The molecule has 0 radical (unpaired) electrons. The third-order valence-electron chi connectivity index (χ3n) is 4.19. The first kappa shape index (κ1) is 19.1. The van der Waals surface area contributed by atoms with E-state index in [9.17, 15) is 14.9 Å². The first-order chi connectivity index (χ1) is 13.5. The number of non-ortho nitro benzene ring substituents is 1. The fraction of sp³-hybridized carbons (Fsp3) is 0.200. The number of fused-ring (bicyclic) bond motifs is 1. The van der Waals surface area contributed by atoms with Gasteiger partial charge in [0.15, 0.2) is 6.61 Å². The average molecular weight is 380 g/mol. The van der Waals surface area contributed by atoms with E-state index < -0.39 is 4.92 Å². The molecule has 8 nitrogen and oxygen atoms in total. The Hall–Kier alpha value is -3.68. The molecule has 1 aromatic heterocycles. The summed E-state index contributed by atoms with van der Waals surface area (Å²) in [6.07, 6.45) is 1.60. The van der Waals surface area contributed by atoms with Gasteiger partial charge in [0.25, 0.3) is 11.6 Å². The summed E-state index contributed by atoms with van der Waals surface area (Å²) in [5.41, 5.74) is 2.21. The van der Waals surface area contributed by atoms with Crippen LogP contribution in [0.25, 0.3) is 10.9 Å². The van der Waals surface area contributed by atoms with Gasteiger partial charge in [0.05, 0.1) is 16.0 Å². The molecule has 0 bridgehead atoms. The monoisotopic (exact) mass is 380 g/mol. The summed E-state index contributed by atoms with van der Waals surface area (Å²) < 4.78 is 5.53. The number of nitrogens with one attached hydrogen (secondary N) is 1. The molecule has 28 heavy (non-hydrogen) atoms. The molecule has 1 N–H and O–H groups in total. The predicted molar refractivity (Wildman–Crippen MR) is 106 cm³/mol. The van der Waals surface area contributed by atoms with E-state index in [-0.39, 0.29) is 18.2 Å². The van der Waals surface area contributed by atoms with E-state index >= 15 is 0 Å². The van der Waals surface area contributed by atoms with Crippen molar-refractivity contribution >= 4 is 28.2 Å². The Morgan fingerprint density at radius 2 is 2.04 bits per heavy atom. The number of ether oxygens (including phenoxy) is 1. The van der Waals surface area contributed by atoms with Crippen LogP contribution in [-0.2, 0) is 11.3 Å². The number of nitro groups is 1. The van der Waals surface area contributed by atoms with Crippen molar-refractivity contribution in [3.8, 4) is 5.75 Å². The first-order valence-electron chi connectivity index (χ1n) is 8.63. The van der Waals surface area contributed by atoms with Gasteiger partial charge in [-0.15, -0.1) is 0 Å².